The highest BCUT2D eigenvalue weighted by Gasteiger charge is 2.39. The largest absolute Gasteiger partial charge is 0.339 e. The number of rotatable bonds is 1. The van der Waals surface area contributed by atoms with Crippen LogP contribution in [0.1, 0.15) is 19.3 Å². The highest BCUT2D eigenvalue weighted by molar-refractivity contribution is 5.87. The number of carbonyl (C=O) groups excluding carboxylic acids is 1. The number of nitrogens with two attached hydrogens (primary N) is 1. The van der Waals surface area contributed by atoms with Gasteiger partial charge in [-0.2, -0.15) is 0 Å². The Labute approximate surface area is 84.9 Å². The summed E-state index contributed by atoms with van der Waals surface area (Å²) < 4.78 is 0. The fourth-order valence-electron chi connectivity index (χ4n) is 2.83. The first-order valence-electron chi connectivity index (χ1n) is 5.39. The van der Waals surface area contributed by atoms with Crippen molar-refractivity contribution < 1.29 is 4.79 Å². The predicted octanol–water partition coefficient (Wildman–Crippen LogP) is 0.758. The van der Waals surface area contributed by atoms with Gasteiger partial charge in [-0.3, -0.25) is 4.79 Å². The molecule has 1 heterocycles. The Hall–Kier alpha value is -0.830. The number of carbonyl (C=O) groups is 1. The highest BCUT2D eigenvalue weighted by atomic mass is 16.2. The summed E-state index contributed by atoms with van der Waals surface area (Å²) in [4.78, 5) is 13.3. The third kappa shape index (κ3) is 1.57. The van der Waals surface area contributed by atoms with Crippen molar-refractivity contribution in [2.45, 2.75) is 25.3 Å². The molecular formula is C11H18N2O. The summed E-state index contributed by atoms with van der Waals surface area (Å²) in [6, 6.07) is 0.302. The molecule has 0 aromatic carbocycles. The number of likely N-dealkylation sites (tertiary alicyclic amines) is 1. The SMILES string of the molecule is C=CC(=O)N1CC2CCCC(N)C2C1. The maximum Gasteiger partial charge on any atom is 0.245 e. The monoisotopic (exact) mass is 194 g/mol. The van der Waals surface area contributed by atoms with Crippen molar-refractivity contribution in [2.24, 2.45) is 17.6 Å². The van der Waals surface area contributed by atoms with Crippen LogP contribution in [-0.4, -0.2) is 29.9 Å². The zero-order valence-corrected chi connectivity index (χ0v) is 8.48. The van der Waals surface area contributed by atoms with E-state index < -0.39 is 0 Å². The maximum absolute atomic E-state index is 11.4. The summed E-state index contributed by atoms with van der Waals surface area (Å²) in [7, 11) is 0. The van der Waals surface area contributed by atoms with Crippen LogP contribution in [0.2, 0.25) is 0 Å². The minimum atomic E-state index is 0.0617. The first kappa shape index (κ1) is 9.71. The summed E-state index contributed by atoms with van der Waals surface area (Å²) in [6.45, 7) is 5.26. The standard InChI is InChI=1S/C11H18N2O/c1-2-11(14)13-6-8-4-3-5-10(12)9(8)7-13/h2,8-10H,1,3-7,12H2. The van der Waals surface area contributed by atoms with Crippen LogP contribution in [0.25, 0.3) is 0 Å². The minimum Gasteiger partial charge on any atom is -0.339 e. The molecule has 2 fully saturated rings. The van der Waals surface area contributed by atoms with Crippen LogP contribution in [0.3, 0.4) is 0 Å². The third-order valence-corrected chi connectivity index (χ3v) is 3.64. The Morgan fingerprint density at radius 1 is 1.43 bits per heavy atom. The van der Waals surface area contributed by atoms with E-state index in [9.17, 15) is 4.79 Å². The summed E-state index contributed by atoms with van der Waals surface area (Å²) in [6.07, 6.45) is 4.98. The molecule has 2 N–H and O–H groups in total. The molecule has 0 bridgehead atoms. The molecule has 0 spiro atoms. The van der Waals surface area contributed by atoms with Gasteiger partial charge >= 0.3 is 0 Å². The lowest BCUT2D eigenvalue weighted by Crippen LogP contribution is -2.38. The van der Waals surface area contributed by atoms with Gasteiger partial charge in [-0.05, 0) is 30.8 Å². The minimum absolute atomic E-state index is 0.0617. The lowest BCUT2D eigenvalue weighted by Gasteiger charge is -2.29. The third-order valence-electron chi connectivity index (χ3n) is 3.64. The van der Waals surface area contributed by atoms with Gasteiger partial charge in [-0.15, -0.1) is 0 Å². The molecule has 2 aliphatic rings. The zero-order valence-electron chi connectivity index (χ0n) is 8.48. The average Bonchev–Trinajstić information content (AvgIpc) is 2.62. The molecule has 0 radical (unpaired) electrons. The van der Waals surface area contributed by atoms with E-state index in [1.54, 1.807) is 0 Å². The van der Waals surface area contributed by atoms with Crippen LogP contribution < -0.4 is 5.73 Å². The molecule has 0 aromatic heterocycles. The van der Waals surface area contributed by atoms with Crippen molar-refractivity contribution in [1.29, 1.82) is 0 Å². The van der Waals surface area contributed by atoms with Crippen molar-refractivity contribution >= 4 is 5.91 Å². The number of fused-ring (bicyclic) bond motifs is 1. The van der Waals surface area contributed by atoms with Gasteiger partial charge in [0.1, 0.15) is 0 Å². The summed E-state index contributed by atoms with van der Waals surface area (Å²) in [5.74, 6) is 1.24. The highest BCUT2D eigenvalue weighted by Crippen LogP contribution is 2.35. The number of hydrogen-bond donors (Lipinski definition) is 1. The molecule has 3 nitrogen and oxygen atoms in total. The molecule has 3 heteroatoms. The van der Waals surface area contributed by atoms with E-state index in [-0.39, 0.29) is 5.91 Å². The van der Waals surface area contributed by atoms with Gasteiger partial charge in [0.15, 0.2) is 0 Å². The molecular weight excluding hydrogens is 176 g/mol. The van der Waals surface area contributed by atoms with E-state index in [0.717, 1.165) is 19.5 Å². The predicted molar refractivity (Wildman–Crippen MR) is 55.6 cm³/mol. The second-order valence-corrected chi connectivity index (χ2v) is 4.47. The van der Waals surface area contributed by atoms with E-state index in [4.69, 9.17) is 5.73 Å². The summed E-state index contributed by atoms with van der Waals surface area (Å²) in [5.41, 5.74) is 6.06. The summed E-state index contributed by atoms with van der Waals surface area (Å²) in [5, 5.41) is 0. The van der Waals surface area contributed by atoms with Gasteiger partial charge in [0.2, 0.25) is 5.91 Å². The van der Waals surface area contributed by atoms with Crippen LogP contribution in [0.15, 0.2) is 12.7 Å². The van der Waals surface area contributed by atoms with E-state index in [2.05, 4.69) is 6.58 Å². The van der Waals surface area contributed by atoms with E-state index in [1.165, 1.54) is 18.9 Å². The smallest absolute Gasteiger partial charge is 0.245 e. The normalized spacial score (nSPS) is 36.6. The lowest BCUT2D eigenvalue weighted by molar-refractivity contribution is -0.125. The Morgan fingerprint density at radius 3 is 2.86 bits per heavy atom. The molecule has 3 unspecified atom stereocenters. The molecule has 1 saturated heterocycles. The average molecular weight is 194 g/mol. The van der Waals surface area contributed by atoms with Gasteiger partial charge in [0, 0.05) is 19.1 Å². The molecule has 1 saturated carbocycles. The quantitative estimate of drug-likeness (QED) is 0.626. The van der Waals surface area contributed by atoms with Crippen molar-refractivity contribution in [3.8, 4) is 0 Å². The van der Waals surface area contributed by atoms with Gasteiger partial charge in [0.05, 0.1) is 0 Å². The molecule has 1 aliphatic heterocycles. The van der Waals surface area contributed by atoms with Gasteiger partial charge in [0.25, 0.3) is 0 Å². The van der Waals surface area contributed by atoms with Crippen LogP contribution in [-0.2, 0) is 4.79 Å². The Balaban J connectivity index is 2.03. The van der Waals surface area contributed by atoms with E-state index in [1.807, 2.05) is 4.90 Å². The van der Waals surface area contributed by atoms with Gasteiger partial charge in [-0.1, -0.05) is 13.0 Å². The molecule has 3 atom stereocenters. The number of hydrogen-bond acceptors (Lipinski definition) is 2. The fourth-order valence-corrected chi connectivity index (χ4v) is 2.83. The Kier molecular flexibility index (Phi) is 2.59. The second kappa shape index (κ2) is 3.73. The number of nitrogens with zero attached hydrogens (tertiary/aromatic N) is 1. The molecule has 0 aromatic rings. The molecule has 14 heavy (non-hydrogen) atoms. The van der Waals surface area contributed by atoms with Crippen molar-refractivity contribution in [2.75, 3.05) is 13.1 Å². The van der Waals surface area contributed by atoms with Crippen molar-refractivity contribution in [3.05, 3.63) is 12.7 Å². The Bertz CT molecular complexity index is 252. The van der Waals surface area contributed by atoms with E-state index in [0.29, 0.717) is 17.9 Å². The van der Waals surface area contributed by atoms with Gasteiger partial charge < -0.3 is 10.6 Å². The zero-order chi connectivity index (χ0) is 10.1. The van der Waals surface area contributed by atoms with Crippen molar-refractivity contribution in [1.82, 2.24) is 4.90 Å². The van der Waals surface area contributed by atoms with Crippen LogP contribution in [0.4, 0.5) is 0 Å². The van der Waals surface area contributed by atoms with E-state index >= 15 is 0 Å². The first-order chi connectivity index (χ1) is 6.72. The molecule has 1 amide bonds. The van der Waals surface area contributed by atoms with Crippen molar-refractivity contribution in [3.63, 3.8) is 0 Å². The fraction of sp³-hybridized carbons (Fsp3) is 0.727. The van der Waals surface area contributed by atoms with Crippen LogP contribution in [0, 0.1) is 11.8 Å². The first-order valence-corrected chi connectivity index (χ1v) is 5.39. The van der Waals surface area contributed by atoms with Gasteiger partial charge in [-0.25, -0.2) is 0 Å². The van der Waals surface area contributed by atoms with Crippen LogP contribution in [0.5, 0.6) is 0 Å². The molecule has 78 valence electrons. The molecule has 1 aliphatic carbocycles. The second-order valence-electron chi connectivity index (χ2n) is 4.47. The maximum atomic E-state index is 11.4. The molecule has 2 rings (SSSR count). The van der Waals surface area contributed by atoms with Crippen LogP contribution >= 0.6 is 0 Å². The Morgan fingerprint density at radius 2 is 2.21 bits per heavy atom. The lowest BCUT2D eigenvalue weighted by atomic mass is 9.78. The summed E-state index contributed by atoms with van der Waals surface area (Å²) >= 11 is 0. The topological polar surface area (TPSA) is 46.3 Å². The number of amides is 1.